The minimum Gasteiger partial charge on any atom is -0.458 e. The summed E-state index contributed by atoms with van der Waals surface area (Å²) in [6.07, 6.45) is 3.17. The second-order valence-corrected chi connectivity index (χ2v) is 5.12. The minimum atomic E-state index is -0.365. The molecular formula is C15H12O4S. The van der Waals surface area contributed by atoms with Gasteiger partial charge >= 0.3 is 5.97 Å². The Hall–Kier alpha value is -2.27. The topological polar surface area (TPSA) is 44.8 Å². The molecule has 3 rings (SSSR count). The first-order valence-corrected chi connectivity index (χ1v) is 6.96. The van der Waals surface area contributed by atoms with E-state index in [1.165, 1.54) is 6.08 Å². The molecule has 0 unspecified atom stereocenters. The number of fused-ring (bicyclic) bond motifs is 1. The summed E-state index contributed by atoms with van der Waals surface area (Å²) in [5.41, 5.74) is 0.868. The van der Waals surface area contributed by atoms with Crippen LogP contribution >= 0.6 is 11.3 Å². The quantitative estimate of drug-likeness (QED) is 0.640. The average Bonchev–Trinajstić information content (AvgIpc) is 3.13. The van der Waals surface area contributed by atoms with Crippen molar-refractivity contribution in [1.29, 1.82) is 0 Å². The van der Waals surface area contributed by atoms with Gasteiger partial charge < -0.3 is 14.2 Å². The smallest absolute Gasteiger partial charge is 0.331 e. The summed E-state index contributed by atoms with van der Waals surface area (Å²) in [6, 6.07) is 9.35. The summed E-state index contributed by atoms with van der Waals surface area (Å²) in [5, 5.41) is 1.96. The van der Waals surface area contributed by atoms with E-state index in [0.717, 1.165) is 16.2 Å². The SMILES string of the molecule is O=C(/C=C/c1cccs1)OCc1ccc2c(c1)OCO2. The highest BCUT2D eigenvalue weighted by molar-refractivity contribution is 7.10. The second-order valence-electron chi connectivity index (χ2n) is 4.14. The Morgan fingerprint density at radius 2 is 2.20 bits per heavy atom. The summed E-state index contributed by atoms with van der Waals surface area (Å²) in [7, 11) is 0. The maximum atomic E-state index is 11.6. The lowest BCUT2D eigenvalue weighted by Crippen LogP contribution is -2.00. The number of carbonyl (C=O) groups is 1. The largest absolute Gasteiger partial charge is 0.458 e. The van der Waals surface area contributed by atoms with Gasteiger partial charge in [-0.1, -0.05) is 12.1 Å². The maximum absolute atomic E-state index is 11.6. The lowest BCUT2D eigenvalue weighted by atomic mass is 10.2. The van der Waals surface area contributed by atoms with E-state index in [0.29, 0.717) is 5.75 Å². The molecule has 4 nitrogen and oxygen atoms in total. The highest BCUT2D eigenvalue weighted by Crippen LogP contribution is 2.32. The predicted octanol–water partition coefficient (Wildman–Crippen LogP) is 3.23. The minimum absolute atomic E-state index is 0.213. The molecule has 0 bridgehead atoms. The van der Waals surface area contributed by atoms with E-state index in [9.17, 15) is 4.79 Å². The predicted molar refractivity (Wildman–Crippen MR) is 75.7 cm³/mol. The maximum Gasteiger partial charge on any atom is 0.331 e. The van der Waals surface area contributed by atoms with Gasteiger partial charge in [0.15, 0.2) is 11.5 Å². The van der Waals surface area contributed by atoms with Gasteiger partial charge in [0.1, 0.15) is 6.61 Å². The van der Waals surface area contributed by atoms with Gasteiger partial charge in [0.25, 0.3) is 0 Å². The first-order valence-electron chi connectivity index (χ1n) is 6.08. The summed E-state index contributed by atoms with van der Waals surface area (Å²) >= 11 is 1.57. The van der Waals surface area contributed by atoms with Crippen LogP contribution in [0, 0.1) is 0 Å². The Kier molecular flexibility index (Phi) is 3.69. The van der Waals surface area contributed by atoms with Crippen molar-refractivity contribution in [3.05, 3.63) is 52.2 Å². The van der Waals surface area contributed by atoms with Gasteiger partial charge in [-0.25, -0.2) is 4.79 Å². The Balaban J connectivity index is 1.55. The van der Waals surface area contributed by atoms with E-state index in [1.807, 2.05) is 35.7 Å². The van der Waals surface area contributed by atoms with Gasteiger partial charge in [-0.2, -0.15) is 0 Å². The Labute approximate surface area is 120 Å². The van der Waals surface area contributed by atoms with Crippen LogP contribution < -0.4 is 9.47 Å². The average molecular weight is 288 g/mol. The Morgan fingerprint density at radius 1 is 1.30 bits per heavy atom. The molecule has 0 atom stereocenters. The molecule has 0 saturated carbocycles. The molecule has 1 aliphatic heterocycles. The molecule has 0 amide bonds. The van der Waals surface area contributed by atoms with Gasteiger partial charge in [0.2, 0.25) is 6.79 Å². The third-order valence-electron chi connectivity index (χ3n) is 2.74. The Bertz CT molecular complexity index is 631. The number of rotatable bonds is 4. The normalized spacial score (nSPS) is 12.8. The van der Waals surface area contributed by atoms with Crippen molar-refractivity contribution in [2.75, 3.05) is 6.79 Å². The van der Waals surface area contributed by atoms with Crippen LogP contribution in [0.15, 0.2) is 41.8 Å². The summed E-state index contributed by atoms with van der Waals surface area (Å²) in [5.74, 6) is 1.04. The summed E-state index contributed by atoms with van der Waals surface area (Å²) in [4.78, 5) is 12.6. The van der Waals surface area contributed by atoms with Crippen molar-refractivity contribution in [3.8, 4) is 11.5 Å². The third-order valence-corrected chi connectivity index (χ3v) is 3.58. The molecule has 5 heteroatoms. The molecule has 0 radical (unpaired) electrons. The van der Waals surface area contributed by atoms with E-state index < -0.39 is 0 Å². The molecule has 0 aliphatic carbocycles. The molecular weight excluding hydrogens is 276 g/mol. The molecule has 1 aromatic heterocycles. The summed E-state index contributed by atoms with van der Waals surface area (Å²) < 4.78 is 15.7. The zero-order valence-corrected chi connectivity index (χ0v) is 11.4. The fourth-order valence-corrected chi connectivity index (χ4v) is 2.39. The van der Waals surface area contributed by atoms with Gasteiger partial charge in [-0.05, 0) is 35.2 Å². The molecule has 0 saturated heterocycles. The van der Waals surface area contributed by atoms with Crippen molar-refractivity contribution >= 4 is 23.4 Å². The lowest BCUT2D eigenvalue weighted by molar-refractivity contribution is -0.138. The van der Waals surface area contributed by atoms with Crippen LogP contribution in [0.1, 0.15) is 10.4 Å². The van der Waals surface area contributed by atoms with E-state index in [-0.39, 0.29) is 19.4 Å². The second kappa shape index (κ2) is 5.79. The van der Waals surface area contributed by atoms with Gasteiger partial charge in [0, 0.05) is 11.0 Å². The van der Waals surface area contributed by atoms with E-state index in [2.05, 4.69) is 0 Å². The van der Waals surface area contributed by atoms with Crippen molar-refractivity contribution in [2.24, 2.45) is 0 Å². The summed E-state index contributed by atoms with van der Waals surface area (Å²) in [6.45, 7) is 0.451. The highest BCUT2D eigenvalue weighted by Gasteiger charge is 2.13. The molecule has 1 aliphatic rings. The molecule has 20 heavy (non-hydrogen) atoms. The molecule has 0 spiro atoms. The lowest BCUT2D eigenvalue weighted by Gasteiger charge is -2.03. The van der Waals surface area contributed by atoms with Crippen LogP contribution in [0.2, 0.25) is 0 Å². The third kappa shape index (κ3) is 3.00. The number of hydrogen-bond acceptors (Lipinski definition) is 5. The Morgan fingerprint density at radius 3 is 3.05 bits per heavy atom. The molecule has 0 N–H and O–H groups in total. The fraction of sp³-hybridized carbons (Fsp3) is 0.133. The monoisotopic (exact) mass is 288 g/mol. The molecule has 102 valence electrons. The number of benzene rings is 1. The van der Waals surface area contributed by atoms with Crippen LogP contribution in [0.25, 0.3) is 6.08 Å². The standard InChI is InChI=1S/C15H12O4S/c16-15(6-4-12-2-1-7-20-12)17-9-11-3-5-13-14(8-11)19-10-18-13/h1-8H,9-10H2/b6-4+. The zero-order chi connectivity index (χ0) is 13.8. The number of thiophene rings is 1. The first kappa shape index (κ1) is 12.7. The first-order chi connectivity index (χ1) is 9.81. The van der Waals surface area contributed by atoms with Crippen LogP contribution in [0.5, 0.6) is 11.5 Å². The zero-order valence-electron chi connectivity index (χ0n) is 10.6. The van der Waals surface area contributed by atoms with Crippen molar-refractivity contribution in [3.63, 3.8) is 0 Å². The van der Waals surface area contributed by atoms with Crippen molar-refractivity contribution in [1.82, 2.24) is 0 Å². The number of hydrogen-bond donors (Lipinski definition) is 0. The van der Waals surface area contributed by atoms with Crippen LogP contribution in [0.3, 0.4) is 0 Å². The van der Waals surface area contributed by atoms with Gasteiger partial charge in [0.05, 0.1) is 0 Å². The molecule has 2 heterocycles. The van der Waals surface area contributed by atoms with Gasteiger partial charge in [-0.3, -0.25) is 0 Å². The van der Waals surface area contributed by atoms with Gasteiger partial charge in [-0.15, -0.1) is 11.3 Å². The van der Waals surface area contributed by atoms with E-state index in [1.54, 1.807) is 17.4 Å². The van der Waals surface area contributed by atoms with E-state index in [4.69, 9.17) is 14.2 Å². The molecule has 1 aromatic carbocycles. The number of ether oxygens (including phenoxy) is 3. The number of esters is 1. The number of carbonyl (C=O) groups excluding carboxylic acids is 1. The molecule has 0 fully saturated rings. The van der Waals surface area contributed by atoms with Crippen LogP contribution in [-0.2, 0) is 16.1 Å². The fourth-order valence-electron chi connectivity index (χ4n) is 1.77. The van der Waals surface area contributed by atoms with Crippen molar-refractivity contribution < 1.29 is 19.0 Å². The van der Waals surface area contributed by atoms with Crippen molar-refractivity contribution in [2.45, 2.75) is 6.61 Å². The van der Waals surface area contributed by atoms with Crippen LogP contribution in [0.4, 0.5) is 0 Å². The molecule has 2 aromatic rings. The van der Waals surface area contributed by atoms with Crippen LogP contribution in [-0.4, -0.2) is 12.8 Å². The highest BCUT2D eigenvalue weighted by atomic mass is 32.1. The van der Waals surface area contributed by atoms with E-state index >= 15 is 0 Å².